The summed E-state index contributed by atoms with van der Waals surface area (Å²) in [6.07, 6.45) is 7.36. The number of likely N-dealkylation sites (N-methyl/N-ethyl adjacent to an activating group) is 1. The van der Waals surface area contributed by atoms with Crippen molar-refractivity contribution in [3.8, 4) is 0 Å². The average molecular weight is 309 g/mol. The molecule has 0 saturated carbocycles. The van der Waals surface area contributed by atoms with Crippen LogP contribution in [0.3, 0.4) is 0 Å². The maximum atomic E-state index is 3.79. The van der Waals surface area contributed by atoms with Crippen LogP contribution in [0, 0.1) is 0 Å². The largest absolute Gasteiger partial charge is 0.306 e. The summed E-state index contributed by atoms with van der Waals surface area (Å²) in [6.45, 7) is 15.0. The molecule has 2 saturated heterocycles. The van der Waals surface area contributed by atoms with E-state index in [0.717, 1.165) is 12.6 Å². The first-order chi connectivity index (χ1) is 10.7. The lowest BCUT2D eigenvalue weighted by Crippen LogP contribution is -2.52. The number of piperazine rings is 1. The molecule has 0 N–H and O–H groups in total. The molecular weight excluding hydrogens is 272 g/mol. The Balaban J connectivity index is 1.54. The number of hydrogen-bond donors (Lipinski definition) is 0. The first-order valence-electron chi connectivity index (χ1n) is 9.13. The lowest BCUT2D eigenvalue weighted by molar-refractivity contribution is 0.0638. The minimum Gasteiger partial charge on any atom is -0.306 e. The Bertz CT molecular complexity index is 304. The molecular formula is C18H36N4. The number of unbranched alkanes of at least 4 members (excludes halogenated alkanes) is 1. The average Bonchev–Trinajstić information content (AvgIpc) is 2.53. The van der Waals surface area contributed by atoms with Gasteiger partial charge in [-0.15, -0.1) is 6.58 Å². The number of piperidine rings is 1. The van der Waals surface area contributed by atoms with Crippen molar-refractivity contribution < 1.29 is 0 Å². The second kappa shape index (κ2) is 9.66. The summed E-state index contributed by atoms with van der Waals surface area (Å²) in [7, 11) is 4.43. The predicted octanol–water partition coefficient (Wildman–Crippen LogP) is 1.60. The monoisotopic (exact) mass is 308 g/mol. The summed E-state index contributed by atoms with van der Waals surface area (Å²) in [6, 6.07) is 0.853. The Hall–Kier alpha value is -0.420. The van der Waals surface area contributed by atoms with E-state index in [1.807, 2.05) is 6.08 Å². The van der Waals surface area contributed by atoms with Crippen LogP contribution in [0.1, 0.15) is 25.7 Å². The standard InChI is InChI=1S/C18H36N4/c1-4-9-19(2)10-5-6-11-21-14-16-22(17-15-21)18-7-12-20(3)13-8-18/h4,18H,1,5-17H2,2-3H3. The van der Waals surface area contributed by atoms with Gasteiger partial charge in [0.15, 0.2) is 0 Å². The van der Waals surface area contributed by atoms with Crippen LogP contribution in [0.5, 0.6) is 0 Å². The van der Waals surface area contributed by atoms with Gasteiger partial charge < -0.3 is 14.7 Å². The molecule has 4 heteroatoms. The second-order valence-corrected chi connectivity index (χ2v) is 7.17. The van der Waals surface area contributed by atoms with Gasteiger partial charge in [0.1, 0.15) is 0 Å². The van der Waals surface area contributed by atoms with E-state index < -0.39 is 0 Å². The minimum absolute atomic E-state index is 0.853. The van der Waals surface area contributed by atoms with Crippen molar-refractivity contribution >= 4 is 0 Å². The molecule has 0 bridgehead atoms. The summed E-state index contributed by atoms with van der Waals surface area (Å²) < 4.78 is 0. The van der Waals surface area contributed by atoms with Crippen LogP contribution in [0.2, 0.25) is 0 Å². The molecule has 0 aromatic rings. The van der Waals surface area contributed by atoms with Gasteiger partial charge in [-0.2, -0.15) is 0 Å². The molecule has 2 fully saturated rings. The topological polar surface area (TPSA) is 13.0 Å². The van der Waals surface area contributed by atoms with Gasteiger partial charge in [0, 0.05) is 38.8 Å². The van der Waals surface area contributed by atoms with Gasteiger partial charge in [-0.3, -0.25) is 4.90 Å². The van der Waals surface area contributed by atoms with E-state index >= 15 is 0 Å². The van der Waals surface area contributed by atoms with Crippen LogP contribution in [-0.4, -0.2) is 98.6 Å². The van der Waals surface area contributed by atoms with E-state index in [1.54, 1.807) is 0 Å². The van der Waals surface area contributed by atoms with E-state index in [0.29, 0.717) is 0 Å². The first kappa shape index (κ1) is 17.9. The Morgan fingerprint density at radius 3 is 2.36 bits per heavy atom. The molecule has 2 aliphatic rings. The molecule has 0 radical (unpaired) electrons. The summed E-state index contributed by atoms with van der Waals surface area (Å²) >= 11 is 0. The third kappa shape index (κ3) is 5.99. The molecule has 0 aromatic heterocycles. The van der Waals surface area contributed by atoms with Gasteiger partial charge in [0.05, 0.1) is 0 Å². The van der Waals surface area contributed by atoms with Crippen molar-refractivity contribution in [1.82, 2.24) is 19.6 Å². The van der Waals surface area contributed by atoms with E-state index in [-0.39, 0.29) is 0 Å². The lowest BCUT2D eigenvalue weighted by atomic mass is 10.0. The molecule has 0 aliphatic carbocycles. The van der Waals surface area contributed by atoms with Crippen molar-refractivity contribution in [3.05, 3.63) is 12.7 Å². The molecule has 0 unspecified atom stereocenters. The van der Waals surface area contributed by atoms with Crippen LogP contribution < -0.4 is 0 Å². The lowest BCUT2D eigenvalue weighted by Gasteiger charge is -2.42. The van der Waals surface area contributed by atoms with Gasteiger partial charge in [0.2, 0.25) is 0 Å². The maximum absolute atomic E-state index is 3.79. The highest BCUT2D eigenvalue weighted by atomic mass is 15.3. The highest BCUT2D eigenvalue weighted by Gasteiger charge is 2.26. The summed E-state index contributed by atoms with van der Waals surface area (Å²) in [4.78, 5) is 10.2. The second-order valence-electron chi connectivity index (χ2n) is 7.17. The third-order valence-electron chi connectivity index (χ3n) is 5.32. The molecule has 2 aliphatic heterocycles. The molecule has 2 heterocycles. The van der Waals surface area contributed by atoms with Crippen molar-refractivity contribution in [2.45, 2.75) is 31.7 Å². The number of likely N-dealkylation sites (tertiary alicyclic amines) is 1. The van der Waals surface area contributed by atoms with E-state index in [4.69, 9.17) is 0 Å². The van der Waals surface area contributed by atoms with Crippen LogP contribution in [0.4, 0.5) is 0 Å². The molecule has 22 heavy (non-hydrogen) atoms. The fourth-order valence-electron chi connectivity index (χ4n) is 3.74. The maximum Gasteiger partial charge on any atom is 0.0157 e. The van der Waals surface area contributed by atoms with E-state index in [2.05, 4.69) is 40.3 Å². The Morgan fingerprint density at radius 1 is 1.05 bits per heavy atom. The zero-order valence-corrected chi connectivity index (χ0v) is 14.8. The van der Waals surface area contributed by atoms with Crippen molar-refractivity contribution in [1.29, 1.82) is 0 Å². The Kier molecular flexibility index (Phi) is 7.87. The van der Waals surface area contributed by atoms with Crippen molar-refractivity contribution in [2.24, 2.45) is 0 Å². The SMILES string of the molecule is C=CCN(C)CCCCN1CCN(C2CCN(C)CC2)CC1. The van der Waals surface area contributed by atoms with Crippen LogP contribution >= 0.6 is 0 Å². The zero-order chi connectivity index (χ0) is 15.8. The fourth-order valence-corrected chi connectivity index (χ4v) is 3.74. The van der Waals surface area contributed by atoms with Crippen molar-refractivity contribution in [3.63, 3.8) is 0 Å². The van der Waals surface area contributed by atoms with Gasteiger partial charge in [-0.1, -0.05) is 6.08 Å². The zero-order valence-electron chi connectivity index (χ0n) is 14.8. The molecule has 4 nitrogen and oxygen atoms in total. The third-order valence-corrected chi connectivity index (χ3v) is 5.32. The molecule has 0 atom stereocenters. The van der Waals surface area contributed by atoms with Crippen LogP contribution in [-0.2, 0) is 0 Å². The smallest absolute Gasteiger partial charge is 0.0157 e. The predicted molar refractivity (Wildman–Crippen MR) is 95.5 cm³/mol. The van der Waals surface area contributed by atoms with E-state index in [9.17, 15) is 0 Å². The molecule has 0 amide bonds. The molecule has 0 aromatic carbocycles. The van der Waals surface area contributed by atoms with Crippen LogP contribution in [0.25, 0.3) is 0 Å². The molecule has 2 rings (SSSR count). The fraction of sp³-hybridized carbons (Fsp3) is 0.889. The number of nitrogens with zero attached hydrogens (tertiary/aromatic N) is 4. The van der Waals surface area contributed by atoms with Crippen molar-refractivity contribution in [2.75, 3.05) is 73.0 Å². The van der Waals surface area contributed by atoms with Gasteiger partial charge in [0.25, 0.3) is 0 Å². The molecule has 0 spiro atoms. The highest BCUT2D eigenvalue weighted by molar-refractivity contribution is 4.82. The van der Waals surface area contributed by atoms with Gasteiger partial charge in [-0.05, 0) is 66.0 Å². The summed E-state index contributed by atoms with van der Waals surface area (Å²) in [5.74, 6) is 0. The highest BCUT2D eigenvalue weighted by Crippen LogP contribution is 2.17. The summed E-state index contributed by atoms with van der Waals surface area (Å²) in [5, 5.41) is 0. The van der Waals surface area contributed by atoms with Crippen LogP contribution in [0.15, 0.2) is 12.7 Å². The van der Waals surface area contributed by atoms with E-state index in [1.165, 1.54) is 78.0 Å². The molecule has 128 valence electrons. The number of rotatable bonds is 8. The minimum atomic E-state index is 0.853. The Labute approximate surface area is 137 Å². The van der Waals surface area contributed by atoms with Gasteiger partial charge >= 0.3 is 0 Å². The number of hydrogen-bond acceptors (Lipinski definition) is 4. The summed E-state index contributed by atoms with van der Waals surface area (Å²) in [5.41, 5.74) is 0. The van der Waals surface area contributed by atoms with Gasteiger partial charge in [-0.25, -0.2) is 0 Å². The Morgan fingerprint density at radius 2 is 1.73 bits per heavy atom. The normalized spacial score (nSPS) is 23.2. The quantitative estimate of drug-likeness (QED) is 0.499. The first-order valence-corrected chi connectivity index (χ1v) is 9.13.